The minimum absolute atomic E-state index is 0.689. The van der Waals surface area contributed by atoms with Crippen LogP contribution in [0, 0.1) is 0 Å². The third kappa shape index (κ3) is 6.49. The molecular formula is C58H36N2S2. The molecule has 0 N–H and O–H groups in total. The standard InChI is InChI=1S/C58H36N2S2/c1-4-16-37(17-5-1)40-30-42(46-24-14-26-50-48-22-10-12-28-54(48)61-56(46)50)34-44(32-40)52-36-53(60-58(59-52)39-20-8-3-9-21-39)45-33-41(38-18-6-2-7-19-38)31-43(35-45)47-25-15-27-51-49-23-11-13-29-55(49)62-57(47)51/h1-36H. The van der Waals surface area contributed by atoms with Gasteiger partial charge >= 0.3 is 0 Å². The molecule has 0 aliphatic rings. The highest BCUT2D eigenvalue weighted by atomic mass is 32.1. The van der Waals surface area contributed by atoms with Gasteiger partial charge in [-0.25, -0.2) is 9.97 Å². The van der Waals surface area contributed by atoms with Crippen molar-refractivity contribution < 1.29 is 0 Å². The summed E-state index contributed by atoms with van der Waals surface area (Å²) in [5.74, 6) is 0.689. The number of hydrogen-bond donors (Lipinski definition) is 0. The summed E-state index contributed by atoms with van der Waals surface area (Å²) in [4.78, 5) is 10.8. The van der Waals surface area contributed by atoms with Crippen molar-refractivity contribution in [1.29, 1.82) is 0 Å². The van der Waals surface area contributed by atoms with Crippen molar-refractivity contribution >= 4 is 63.0 Å². The second-order valence-electron chi connectivity index (χ2n) is 15.7. The highest BCUT2D eigenvalue weighted by Gasteiger charge is 2.18. The second-order valence-corrected chi connectivity index (χ2v) is 17.8. The molecule has 0 bridgehead atoms. The molecule has 12 aromatic rings. The lowest BCUT2D eigenvalue weighted by Crippen LogP contribution is -1.97. The van der Waals surface area contributed by atoms with Crippen LogP contribution < -0.4 is 0 Å². The van der Waals surface area contributed by atoms with E-state index in [0.29, 0.717) is 5.82 Å². The Morgan fingerprint density at radius 1 is 0.258 bits per heavy atom. The number of thiophene rings is 2. The highest BCUT2D eigenvalue weighted by Crippen LogP contribution is 2.44. The molecule has 9 aromatic carbocycles. The summed E-state index contributed by atoms with van der Waals surface area (Å²) in [5.41, 5.74) is 14.1. The average molecular weight is 825 g/mol. The van der Waals surface area contributed by atoms with Gasteiger partial charge in [-0.2, -0.15) is 0 Å². The van der Waals surface area contributed by atoms with E-state index in [1.54, 1.807) is 0 Å². The maximum atomic E-state index is 5.39. The topological polar surface area (TPSA) is 25.8 Å². The zero-order chi connectivity index (χ0) is 41.0. The average Bonchev–Trinajstić information content (AvgIpc) is 3.93. The van der Waals surface area contributed by atoms with Crippen LogP contribution in [0.3, 0.4) is 0 Å². The fourth-order valence-corrected chi connectivity index (χ4v) is 11.3. The molecule has 3 heterocycles. The molecule has 0 amide bonds. The SMILES string of the molecule is c1ccc(-c2cc(-c3cc(-c4cc(-c5ccccc5)cc(-c5cccc6c5sc5ccccc56)c4)nc(-c4ccccc4)n3)cc(-c3cccc4c3sc3ccccc34)c2)cc1. The Hall–Kier alpha value is -7.50. The lowest BCUT2D eigenvalue weighted by Gasteiger charge is -2.15. The quantitative estimate of drug-likeness (QED) is 0.160. The fraction of sp³-hybridized carbons (Fsp3) is 0. The molecule has 0 saturated carbocycles. The molecule has 0 spiro atoms. The molecule has 0 aliphatic carbocycles. The van der Waals surface area contributed by atoms with Crippen LogP contribution in [-0.2, 0) is 0 Å². The Labute approximate surface area is 367 Å². The van der Waals surface area contributed by atoms with E-state index in [0.717, 1.165) is 61.5 Å². The van der Waals surface area contributed by atoms with Gasteiger partial charge in [-0.1, -0.05) is 164 Å². The molecule has 2 nitrogen and oxygen atoms in total. The van der Waals surface area contributed by atoms with Gasteiger partial charge in [-0.05, 0) is 99.1 Å². The number of benzene rings is 9. The zero-order valence-electron chi connectivity index (χ0n) is 33.5. The summed E-state index contributed by atoms with van der Waals surface area (Å²) >= 11 is 3.72. The van der Waals surface area contributed by atoms with E-state index in [-0.39, 0.29) is 0 Å². The third-order valence-corrected chi connectivity index (χ3v) is 14.3. The number of hydrogen-bond acceptors (Lipinski definition) is 4. The molecule has 0 fully saturated rings. The summed E-state index contributed by atoms with van der Waals surface area (Å²) < 4.78 is 5.17. The molecule has 0 radical (unpaired) electrons. The third-order valence-electron chi connectivity index (χ3n) is 11.9. The van der Waals surface area contributed by atoms with Gasteiger partial charge in [0.1, 0.15) is 0 Å². The minimum Gasteiger partial charge on any atom is -0.228 e. The largest absolute Gasteiger partial charge is 0.228 e. The molecule has 12 rings (SSSR count). The first kappa shape index (κ1) is 36.4. The normalized spacial score (nSPS) is 11.5. The molecule has 0 aliphatic heterocycles. The van der Waals surface area contributed by atoms with E-state index < -0.39 is 0 Å². The Balaban J connectivity index is 1.10. The zero-order valence-corrected chi connectivity index (χ0v) is 35.1. The van der Waals surface area contributed by atoms with Crippen LogP contribution in [0.5, 0.6) is 0 Å². The van der Waals surface area contributed by atoms with Crippen molar-refractivity contribution in [2.45, 2.75) is 0 Å². The van der Waals surface area contributed by atoms with Crippen LogP contribution >= 0.6 is 22.7 Å². The van der Waals surface area contributed by atoms with Gasteiger partial charge in [-0.15, -0.1) is 22.7 Å². The molecule has 3 aromatic heterocycles. The van der Waals surface area contributed by atoms with Crippen molar-refractivity contribution in [3.63, 3.8) is 0 Å². The second kappa shape index (κ2) is 15.2. The molecule has 0 saturated heterocycles. The van der Waals surface area contributed by atoms with E-state index in [1.807, 2.05) is 28.7 Å². The predicted octanol–water partition coefficient (Wildman–Crippen LogP) is 16.9. The summed E-state index contributed by atoms with van der Waals surface area (Å²) in [6.07, 6.45) is 0. The summed E-state index contributed by atoms with van der Waals surface area (Å²) in [6, 6.07) is 78.7. The summed E-state index contributed by atoms with van der Waals surface area (Å²) in [6.45, 7) is 0. The first-order valence-corrected chi connectivity index (χ1v) is 22.5. The van der Waals surface area contributed by atoms with Crippen LogP contribution in [-0.4, -0.2) is 9.97 Å². The van der Waals surface area contributed by atoms with Crippen LogP contribution in [0.1, 0.15) is 0 Å². The molecule has 290 valence electrons. The van der Waals surface area contributed by atoms with Crippen molar-refractivity contribution in [2.24, 2.45) is 0 Å². The Bertz CT molecular complexity index is 3410. The molecule has 62 heavy (non-hydrogen) atoms. The van der Waals surface area contributed by atoms with E-state index in [2.05, 4.69) is 212 Å². The number of rotatable bonds is 7. The van der Waals surface area contributed by atoms with Crippen LogP contribution in [0.4, 0.5) is 0 Å². The summed E-state index contributed by atoms with van der Waals surface area (Å²) in [5, 5.41) is 5.15. The smallest absolute Gasteiger partial charge is 0.160 e. The van der Waals surface area contributed by atoms with E-state index in [9.17, 15) is 0 Å². The van der Waals surface area contributed by atoms with Crippen molar-refractivity contribution in [3.05, 3.63) is 218 Å². The molecular weight excluding hydrogens is 789 g/mol. The maximum absolute atomic E-state index is 5.39. The van der Waals surface area contributed by atoms with Gasteiger partial charge in [0.25, 0.3) is 0 Å². The highest BCUT2D eigenvalue weighted by molar-refractivity contribution is 7.26. The molecule has 4 heteroatoms. The van der Waals surface area contributed by atoms with Gasteiger partial charge in [0.2, 0.25) is 0 Å². The van der Waals surface area contributed by atoms with E-state index >= 15 is 0 Å². The first-order valence-electron chi connectivity index (χ1n) is 20.9. The molecule has 0 unspecified atom stereocenters. The lowest BCUT2D eigenvalue weighted by atomic mass is 9.92. The van der Waals surface area contributed by atoms with Gasteiger partial charge in [-0.3, -0.25) is 0 Å². The van der Waals surface area contributed by atoms with E-state index in [1.165, 1.54) is 51.5 Å². The van der Waals surface area contributed by atoms with Crippen molar-refractivity contribution in [3.8, 4) is 78.4 Å². The van der Waals surface area contributed by atoms with Crippen LogP contribution in [0.2, 0.25) is 0 Å². The number of fused-ring (bicyclic) bond motifs is 6. The number of aromatic nitrogens is 2. The van der Waals surface area contributed by atoms with Gasteiger partial charge in [0.05, 0.1) is 11.4 Å². The van der Waals surface area contributed by atoms with Gasteiger partial charge < -0.3 is 0 Å². The Morgan fingerprint density at radius 3 is 1.10 bits per heavy atom. The minimum atomic E-state index is 0.689. The maximum Gasteiger partial charge on any atom is 0.160 e. The predicted molar refractivity (Wildman–Crippen MR) is 266 cm³/mol. The van der Waals surface area contributed by atoms with Crippen molar-refractivity contribution in [2.75, 3.05) is 0 Å². The van der Waals surface area contributed by atoms with Gasteiger partial charge in [0, 0.05) is 57.0 Å². The van der Waals surface area contributed by atoms with Crippen molar-refractivity contribution in [1.82, 2.24) is 9.97 Å². The lowest BCUT2D eigenvalue weighted by molar-refractivity contribution is 1.18. The van der Waals surface area contributed by atoms with Crippen LogP contribution in [0.25, 0.3) is 119 Å². The fourth-order valence-electron chi connectivity index (χ4n) is 8.86. The van der Waals surface area contributed by atoms with E-state index in [4.69, 9.17) is 9.97 Å². The van der Waals surface area contributed by atoms with Crippen LogP contribution in [0.15, 0.2) is 218 Å². The van der Waals surface area contributed by atoms with Gasteiger partial charge in [0.15, 0.2) is 5.82 Å². The Kier molecular flexibility index (Phi) is 8.91. The first-order chi connectivity index (χ1) is 30.7. The summed E-state index contributed by atoms with van der Waals surface area (Å²) in [7, 11) is 0. The Morgan fingerprint density at radius 2 is 0.629 bits per heavy atom. The number of nitrogens with zero attached hydrogens (tertiary/aromatic N) is 2. The monoisotopic (exact) mass is 824 g/mol. The molecule has 0 atom stereocenters.